The normalized spacial score (nSPS) is 11.1. The van der Waals surface area contributed by atoms with Gasteiger partial charge < -0.3 is 0 Å². The van der Waals surface area contributed by atoms with E-state index in [9.17, 15) is 0 Å². The van der Waals surface area contributed by atoms with Crippen LogP contribution in [0.4, 0.5) is 0 Å². The summed E-state index contributed by atoms with van der Waals surface area (Å²) in [5, 5.41) is 0. The quantitative estimate of drug-likeness (QED) is 0.108. The van der Waals surface area contributed by atoms with Gasteiger partial charge in [0.05, 0.1) is 0 Å². The molecule has 9 rings (SSSR count). The van der Waals surface area contributed by atoms with Gasteiger partial charge in [0.25, 0.3) is 0 Å². The predicted molar refractivity (Wildman–Crippen MR) is 268 cm³/mol. The van der Waals surface area contributed by atoms with E-state index in [0.29, 0.717) is 0 Å². The van der Waals surface area contributed by atoms with Crippen molar-refractivity contribution >= 4 is 47.6 Å². The Morgan fingerprint density at radius 2 is 0.468 bits per heavy atom. The van der Waals surface area contributed by atoms with Gasteiger partial charge in [-0.05, 0) is 101 Å². The summed E-state index contributed by atoms with van der Waals surface area (Å²) in [6.07, 6.45) is 13.5. The lowest BCUT2D eigenvalue weighted by atomic mass is 9.89. The molecule has 0 aliphatic carbocycles. The van der Waals surface area contributed by atoms with Crippen LogP contribution in [0, 0.1) is 0 Å². The zero-order valence-corrected chi connectivity index (χ0v) is 34.6. The molecule has 0 atom stereocenters. The first-order valence-electron chi connectivity index (χ1n) is 21.2. The van der Waals surface area contributed by atoms with E-state index >= 15 is 0 Å². The summed E-state index contributed by atoms with van der Waals surface area (Å²) in [6.45, 7) is 0. The highest BCUT2D eigenvalue weighted by atomic mass is 14.2. The van der Waals surface area contributed by atoms with Crippen molar-refractivity contribution in [2.24, 2.45) is 0 Å². The highest BCUT2D eigenvalue weighted by molar-refractivity contribution is 5.94. The second-order valence-corrected chi connectivity index (χ2v) is 15.3. The van der Waals surface area contributed by atoms with Gasteiger partial charge in [-0.2, -0.15) is 0 Å². The Bertz CT molecular complexity index is 2690. The van der Waals surface area contributed by atoms with Crippen molar-refractivity contribution in [3.63, 3.8) is 0 Å². The Morgan fingerprint density at radius 1 is 0.210 bits per heavy atom. The fourth-order valence-corrected chi connectivity index (χ4v) is 7.98. The number of hydrogen-bond donors (Lipinski definition) is 0. The molecule has 0 aromatic heterocycles. The largest absolute Gasteiger partial charge is 0.0622 e. The third-order valence-electron chi connectivity index (χ3n) is 11.2. The van der Waals surface area contributed by atoms with Crippen LogP contribution in [-0.4, -0.2) is 0 Å². The molecule has 62 heavy (non-hydrogen) atoms. The average Bonchev–Trinajstić information content (AvgIpc) is 3.35. The molecule has 0 unspecified atom stereocenters. The van der Waals surface area contributed by atoms with E-state index < -0.39 is 0 Å². The molecule has 0 heteroatoms. The van der Waals surface area contributed by atoms with Crippen molar-refractivity contribution in [2.75, 3.05) is 0 Å². The SMILES string of the molecule is C(=Cc1ccccc1-c1ccccc1-c1ccccc1C=Cc1ccc(C=C(c2ccccc2)c2ccccc2)cc1)c1ccc(C=C(c2ccccc2)c2ccccc2)cc1. The highest BCUT2D eigenvalue weighted by Gasteiger charge is 2.12. The molecule has 9 aromatic rings. The smallest absolute Gasteiger partial charge is 0.00992 e. The molecule has 294 valence electrons. The highest BCUT2D eigenvalue weighted by Crippen LogP contribution is 2.37. The van der Waals surface area contributed by atoms with Crippen LogP contribution in [0.3, 0.4) is 0 Å². The van der Waals surface area contributed by atoms with E-state index in [-0.39, 0.29) is 0 Å². The van der Waals surface area contributed by atoms with Crippen molar-refractivity contribution in [2.45, 2.75) is 0 Å². The van der Waals surface area contributed by atoms with Crippen LogP contribution in [-0.2, 0) is 0 Å². The minimum Gasteiger partial charge on any atom is -0.0622 e. The molecule has 0 nitrogen and oxygen atoms in total. The van der Waals surface area contributed by atoms with Gasteiger partial charge >= 0.3 is 0 Å². The maximum Gasteiger partial charge on any atom is -0.00992 e. The molecule has 0 saturated heterocycles. The lowest BCUT2D eigenvalue weighted by Crippen LogP contribution is -1.90. The first-order chi connectivity index (χ1) is 30.7. The number of hydrogen-bond acceptors (Lipinski definition) is 0. The molecule has 0 N–H and O–H groups in total. The van der Waals surface area contributed by atoms with Gasteiger partial charge in [0.15, 0.2) is 0 Å². The van der Waals surface area contributed by atoms with Gasteiger partial charge in [0, 0.05) is 0 Å². The fourth-order valence-electron chi connectivity index (χ4n) is 7.98. The zero-order chi connectivity index (χ0) is 41.8. The minimum absolute atomic E-state index is 1.15. The fraction of sp³-hybridized carbons (Fsp3) is 0. The second kappa shape index (κ2) is 19.3. The van der Waals surface area contributed by atoms with E-state index in [0.717, 1.165) is 22.3 Å². The summed E-state index contributed by atoms with van der Waals surface area (Å²) >= 11 is 0. The van der Waals surface area contributed by atoms with Crippen LogP contribution in [0.5, 0.6) is 0 Å². The lowest BCUT2D eigenvalue weighted by molar-refractivity contribution is 1.54. The summed E-state index contributed by atoms with van der Waals surface area (Å²) in [5.41, 5.74) is 19.0. The maximum atomic E-state index is 2.28. The van der Waals surface area contributed by atoms with Crippen LogP contribution in [0.2, 0.25) is 0 Å². The van der Waals surface area contributed by atoms with Gasteiger partial charge in [-0.25, -0.2) is 0 Å². The Kier molecular flexibility index (Phi) is 12.3. The van der Waals surface area contributed by atoms with E-state index in [1.165, 1.54) is 66.8 Å². The third-order valence-corrected chi connectivity index (χ3v) is 11.2. The Morgan fingerprint density at radius 3 is 0.790 bits per heavy atom. The van der Waals surface area contributed by atoms with Gasteiger partial charge in [0.1, 0.15) is 0 Å². The van der Waals surface area contributed by atoms with Crippen molar-refractivity contribution in [3.8, 4) is 22.3 Å². The molecule has 0 fully saturated rings. The van der Waals surface area contributed by atoms with E-state index in [2.05, 4.69) is 279 Å². The molecule has 0 radical (unpaired) electrons. The average molecular weight is 791 g/mol. The van der Waals surface area contributed by atoms with Crippen molar-refractivity contribution < 1.29 is 0 Å². The molecule has 0 aliphatic rings. The monoisotopic (exact) mass is 790 g/mol. The number of rotatable bonds is 12. The summed E-state index contributed by atoms with van der Waals surface area (Å²) in [5.74, 6) is 0. The second-order valence-electron chi connectivity index (χ2n) is 15.3. The summed E-state index contributed by atoms with van der Waals surface area (Å²) in [6, 6.07) is 86.2. The first-order valence-corrected chi connectivity index (χ1v) is 21.2. The lowest BCUT2D eigenvalue weighted by Gasteiger charge is -2.15. The molecular weight excluding hydrogens is 745 g/mol. The molecule has 0 aliphatic heterocycles. The molecule has 0 amide bonds. The molecule has 0 spiro atoms. The Balaban J connectivity index is 0.963. The summed E-state index contributed by atoms with van der Waals surface area (Å²) < 4.78 is 0. The van der Waals surface area contributed by atoms with Crippen molar-refractivity contribution in [3.05, 3.63) is 298 Å². The molecule has 0 bridgehead atoms. The van der Waals surface area contributed by atoms with E-state index in [1.54, 1.807) is 0 Å². The molecule has 0 saturated carbocycles. The predicted octanol–water partition coefficient (Wildman–Crippen LogP) is 16.5. The zero-order valence-electron chi connectivity index (χ0n) is 34.6. The van der Waals surface area contributed by atoms with Gasteiger partial charge in [-0.1, -0.05) is 267 Å². The number of benzene rings is 9. The minimum atomic E-state index is 1.15. The molecular formula is C62H46. The summed E-state index contributed by atoms with van der Waals surface area (Å²) in [4.78, 5) is 0. The first kappa shape index (κ1) is 39.4. The van der Waals surface area contributed by atoms with Crippen LogP contribution in [0.15, 0.2) is 243 Å². The van der Waals surface area contributed by atoms with Crippen LogP contribution >= 0.6 is 0 Å². The van der Waals surface area contributed by atoms with Crippen molar-refractivity contribution in [1.82, 2.24) is 0 Å². The van der Waals surface area contributed by atoms with Crippen molar-refractivity contribution in [1.29, 1.82) is 0 Å². The molecule has 9 aromatic carbocycles. The van der Waals surface area contributed by atoms with Crippen LogP contribution in [0.1, 0.15) is 55.6 Å². The van der Waals surface area contributed by atoms with E-state index in [1.807, 2.05) is 0 Å². The van der Waals surface area contributed by atoms with Gasteiger partial charge in [-0.15, -0.1) is 0 Å². The van der Waals surface area contributed by atoms with Gasteiger partial charge in [-0.3, -0.25) is 0 Å². The standard InChI is InChI=1S/C62H46/c1-5-19-51(20-6-1)61(52-21-7-2-8-22-52)45-49-37-33-47(34-38-49)41-43-55-27-13-15-29-57(55)59-31-17-18-32-60(59)58-30-16-14-28-56(58)44-42-48-35-39-50(40-36-48)46-62(53-23-9-3-10-24-53)54-25-11-4-12-26-54/h1-46H. The maximum absolute atomic E-state index is 2.28. The Hall–Kier alpha value is -8.06. The topological polar surface area (TPSA) is 0 Å². The van der Waals surface area contributed by atoms with Crippen LogP contribution in [0.25, 0.3) is 69.9 Å². The Labute approximate surface area is 366 Å². The summed E-state index contributed by atoms with van der Waals surface area (Å²) in [7, 11) is 0. The van der Waals surface area contributed by atoms with Gasteiger partial charge in [0.2, 0.25) is 0 Å². The van der Waals surface area contributed by atoms with E-state index in [4.69, 9.17) is 0 Å². The third kappa shape index (κ3) is 9.53. The molecule has 0 heterocycles. The van der Waals surface area contributed by atoms with Crippen LogP contribution < -0.4 is 0 Å².